The summed E-state index contributed by atoms with van der Waals surface area (Å²) in [4.78, 5) is 12.7. The minimum Gasteiger partial charge on any atom is -0.480 e. The van der Waals surface area contributed by atoms with Crippen LogP contribution in [0.5, 0.6) is 5.75 Å². The Morgan fingerprint density at radius 1 is 1.45 bits per heavy atom. The monoisotopic (exact) mass is 321 g/mol. The van der Waals surface area contributed by atoms with Crippen molar-refractivity contribution in [2.24, 2.45) is 0 Å². The van der Waals surface area contributed by atoms with E-state index >= 15 is 0 Å². The number of carbonyl (C=O) groups excluding carboxylic acids is 1. The van der Waals surface area contributed by atoms with E-state index < -0.39 is 21.9 Å². The average molecular weight is 321 g/mol. The molecule has 1 unspecified atom stereocenters. The van der Waals surface area contributed by atoms with Crippen LogP contribution in [0.3, 0.4) is 0 Å². The molecule has 1 atom stereocenters. The number of fused-ring (bicyclic) bond motifs is 1. The predicted octanol–water partition coefficient (Wildman–Crippen LogP) is 0.489. The van der Waals surface area contributed by atoms with Crippen LogP contribution in [-0.4, -0.2) is 37.2 Å². The van der Waals surface area contributed by atoms with Crippen molar-refractivity contribution in [3.8, 4) is 11.8 Å². The molecule has 0 bridgehead atoms. The zero-order valence-corrected chi connectivity index (χ0v) is 13.0. The molecule has 0 radical (unpaired) electrons. The topological polar surface area (TPSA) is 99.5 Å². The molecule has 0 aromatic heterocycles. The Labute approximate surface area is 128 Å². The van der Waals surface area contributed by atoms with Gasteiger partial charge in [0.2, 0.25) is 0 Å². The molecule has 2 heterocycles. The van der Waals surface area contributed by atoms with Crippen LogP contribution in [0.4, 0.5) is 0 Å². The van der Waals surface area contributed by atoms with Gasteiger partial charge >= 0.3 is 0 Å². The van der Waals surface area contributed by atoms with E-state index in [9.17, 15) is 13.2 Å². The third-order valence-corrected chi connectivity index (χ3v) is 5.43. The molecule has 1 fully saturated rings. The number of rotatable bonds is 1. The second kappa shape index (κ2) is 4.78. The van der Waals surface area contributed by atoms with Crippen molar-refractivity contribution in [2.75, 3.05) is 13.1 Å². The molecule has 116 valence electrons. The van der Waals surface area contributed by atoms with Crippen LogP contribution in [0.25, 0.3) is 0 Å². The van der Waals surface area contributed by atoms with Crippen LogP contribution in [0.15, 0.2) is 18.2 Å². The predicted molar refractivity (Wildman–Crippen MR) is 77.2 cm³/mol. The van der Waals surface area contributed by atoms with Gasteiger partial charge in [-0.05, 0) is 32.0 Å². The smallest absolute Gasteiger partial charge is 0.280 e. The number of nitrogens with one attached hydrogen (secondary N) is 1. The third kappa shape index (κ3) is 2.18. The molecule has 22 heavy (non-hydrogen) atoms. The van der Waals surface area contributed by atoms with E-state index in [1.165, 1.54) is 6.07 Å². The maximum atomic E-state index is 12.7. The lowest BCUT2D eigenvalue weighted by molar-refractivity contribution is -0.138. The Bertz CT molecular complexity index is 795. The molecular weight excluding hydrogens is 306 g/mol. The first-order valence-electron chi connectivity index (χ1n) is 6.80. The van der Waals surface area contributed by atoms with E-state index in [1.54, 1.807) is 26.0 Å². The minimum atomic E-state index is -3.71. The number of hydrogen-bond acceptors (Lipinski definition) is 5. The molecule has 1 aromatic carbocycles. The molecule has 2 aliphatic heterocycles. The summed E-state index contributed by atoms with van der Waals surface area (Å²) in [6.45, 7) is 3.67. The van der Waals surface area contributed by atoms with Gasteiger partial charge in [0.25, 0.3) is 10.2 Å². The van der Waals surface area contributed by atoms with Crippen molar-refractivity contribution >= 4 is 16.0 Å². The molecule has 8 heteroatoms. The van der Waals surface area contributed by atoms with Gasteiger partial charge < -0.3 is 4.74 Å². The first-order chi connectivity index (χ1) is 10.3. The highest BCUT2D eigenvalue weighted by atomic mass is 32.2. The van der Waals surface area contributed by atoms with Crippen LogP contribution in [0.2, 0.25) is 0 Å². The maximum Gasteiger partial charge on any atom is 0.280 e. The largest absolute Gasteiger partial charge is 0.480 e. The van der Waals surface area contributed by atoms with Crippen molar-refractivity contribution in [3.05, 3.63) is 29.3 Å². The lowest BCUT2D eigenvalue weighted by Crippen LogP contribution is -2.51. The summed E-state index contributed by atoms with van der Waals surface area (Å²) >= 11 is 0. The Hall–Kier alpha value is -1.95. The summed E-state index contributed by atoms with van der Waals surface area (Å²) in [6.07, 6.45) is 0. The van der Waals surface area contributed by atoms with Gasteiger partial charge in [0, 0.05) is 18.7 Å². The summed E-state index contributed by atoms with van der Waals surface area (Å²) < 4.78 is 33.5. The summed E-state index contributed by atoms with van der Waals surface area (Å²) in [5.74, 6) is 0.0815. The molecule has 0 amide bonds. The summed E-state index contributed by atoms with van der Waals surface area (Å²) in [6, 6.07) is 5.71. The highest BCUT2D eigenvalue weighted by molar-refractivity contribution is 7.87. The fraction of sp³-hybridized carbons (Fsp3) is 0.429. The quantitative estimate of drug-likeness (QED) is 0.811. The number of ether oxygens (including phenoxy) is 1. The molecular formula is C14H15N3O4S. The molecule has 7 nitrogen and oxygen atoms in total. The number of benzene rings is 1. The van der Waals surface area contributed by atoms with Crippen molar-refractivity contribution in [2.45, 2.75) is 25.5 Å². The van der Waals surface area contributed by atoms with Gasteiger partial charge in [0.05, 0.1) is 11.6 Å². The lowest BCUT2D eigenvalue weighted by atomic mass is 9.87. The van der Waals surface area contributed by atoms with Crippen LogP contribution in [-0.2, 0) is 15.0 Å². The van der Waals surface area contributed by atoms with E-state index in [-0.39, 0.29) is 18.9 Å². The second-order valence-electron chi connectivity index (χ2n) is 5.75. The molecule has 0 saturated carbocycles. The molecule has 2 aliphatic rings. The van der Waals surface area contributed by atoms with E-state index in [0.29, 0.717) is 16.9 Å². The van der Waals surface area contributed by atoms with Crippen LogP contribution in [0, 0.1) is 11.3 Å². The fourth-order valence-corrected chi connectivity index (χ4v) is 4.10. The number of ketones is 1. The van der Waals surface area contributed by atoms with Crippen molar-refractivity contribution in [3.63, 3.8) is 0 Å². The van der Waals surface area contributed by atoms with Gasteiger partial charge in [-0.15, -0.1) is 0 Å². The van der Waals surface area contributed by atoms with Crippen LogP contribution in [0.1, 0.15) is 31.0 Å². The number of nitrogens with zero attached hydrogens (tertiary/aromatic N) is 2. The van der Waals surface area contributed by atoms with Crippen LogP contribution >= 0.6 is 0 Å². The SMILES string of the molecule is CC1(C)Oc2ccc(C#N)cc2C(N2CCNS2(=O)=O)C1=O. The maximum absolute atomic E-state index is 12.7. The number of hydrogen-bond donors (Lipinski definition) is 1. The molecule has 1 N–H and O–H groups in total. The normalized spacial score (nSPS) is 26.0. The first kappa shape index (κ1) is 15.0. The summed E-state index contributed by atoms with van der Waals surface area (Å²) in [5.41, 5.74) is -0.371. The molecule has 1 saturated heterocycles. The Morgan fingerprint density at radius 2 is 2.18 bits per heavy atom. The first-order valence-corrected chi connectivity index (χ1v) is 8.24. The standard InChI is InChI=1S/C14H15N3O4S/c1-14(2)13(18)12(17-6-5-16-22(17,19)20)10-7-9(8-15)3-4-11(10)21-14/h3-4,7,12,16H,5-6H2,1-2H3. The Balaban J connectivity index is 2.20. The van der Waals surface area contributed by atoms with Gasteiger partial charge in [-0.2, -0.15) is 18.0 Å². The number of nitriles is 1. The Morgan fingerprint density at radius 3 is 2.77 bits per heavy atom. The van der Waals surface area contributed by atoms with Gasteiger partial charge in [-0.25, -0.2) is 4.72 Å². The lowest BCUT2D eigenvalue weighted by Gasteiger charge is -2.38. The minimum absolute atomic E-state index is 0.199. The van der Waals surface area contributed by atoms with Crippen molar-refractivity contribution < 1.29 is 17.9 Å². The summed E-state index contributed by atoms with van der Waals surface area (Å²) in [7, 11) is -3.71. The van der Waals surface area contributed by atoms with E-state index in [0.717, 1.165) is 4.31 Å². The van der Waals surface area contributed by atoms with Gasteiger partial charge in [-0.1, -0.05) is 0 Å². The molecule has 0 aliphatic carbocycles. The second-order valence-corrected chi connectivity index (χ2v) is 7.46. The highest BCUT2D eigenvalue weighted by Gasteiger charge is 2.49. The molecule has 3 rings (SSSR count). The third-order valence-electron chi connectivity index (χ3n) is 3.85. The molecule has 1 aromatic rings. The van der Waals surface area contributed by atoms with Gasteiger partial charge in [-0.3, -0.25) is 4.79 Å². The summed E-state index contributed by atoms with van der Waals surface area (Å²) in [5, 5.41) is 9.04. The van der Waals surface area contributed by atoms with Crippen LogP contribution < -0.4 is 9.46 Å². The number of carbonyl (C=O) groups is 1. The number of Topliss-reactive ketones (excluding diaryl/α,β-unsaturated/α-hetero) is 1. The van der Waals surface area contributed by atoms with E-state index in [4.69, 9.17) is 10.00 Å². The zero-order valence-electron chi connectivity index (χ0n) is 12.2. The van der Waals surface area contributed by atoms with E-state index in [2.05, 4.69) is 4.72 Å². The van der Waals surface area contributed by atoms with Gasteiger partial charge in [0.1, 0.15) is 11.8 Å². The van der Waals surface area contributed by atoms with Crippen molar-refractivity contribution in [1.82, 2.24) is 9.03 Å². The zero-order chi connectivity index (χ0) is 16.1. The van der Waals surface area contributed by atoms with E-state index in [1.807, 2.05) is 6.07 Å². The van der Waals surface area contributed by atoms with Crippen molar-refractivity contribution in [1.29, 1.82) is 5.26 Å². The highest BCUT2D eigenvalue weighted by Crippen LogP contribution is 2.41. The average Bonchev–Trinajstić information content (AvgIpc) is 2.79. The molecule has 0 spiro atoms. The Kier molecular flexibility index (Phi) is 3.25. The fourth-order valence-electron chi connectivity index (χ4n) is 2.76. The van der Waals surface area contributed by atoms with Gasteiger partial charge in [0.15, 0.2) is 11.4 Å².